The van der Waals surface area contributed by atoms with Gasteiger partial charge in [-0.2, -0.15) is 0 Å². The van der Waals surface area contributed by atoms with Gasteiger partial charge in [-0.25, -0.2) is 0 Å². The number of para-hydroxylation sites is 1. The molecule has 0 aliphatic heterocycles. The van der Waals surface area contributed by atoms with Crippen LogP contribution in [0.1, 0.15) is 33.3 Å². The molecular formula is C16H28N2O. The zero-order valence-corrected chi connectivity index (χ0v) is 13.1. The quantitative estimate of drug-likeness (QED) is 0.794. The number of ether oxygens (including phenoxy) is 1. The lowest BCUT2D eigenvalue weighted by Crippen LogP contribution is -2.48. The minimum absolute atomic E-state index is 0.0381. The molecule has 0 aliphatic carbocycles. The van der Waals surface area contributed by atoms with Gasteiger partial charge >= 0.3 is 0 Å². The van der Waals surface area contributed by atoms with E-state index < -0.39 is 0 Å². The summed E-state index contributed by atoms with van der Waals surface area (Å²) in [5, 5.41) is 6.85. The average molecular weight is 264 g/mol. The van der Waals surface area contributed by atoms with E-state index in [0.29, 0.717) is 0 Å². The Morgan fingerprint density at radius 1 is 1.05 bits per heavy atom. The van der Waals surface area contributed by atoms with Crippen molar-refractivity contribution in [2.45, 2.75) is 38.6 Å². The molecule has 0 spiro atoms. The second-order valence-corrected chi connectivity index (χ2v) is 6.32. The Balaban J connectivity index is 2.70. The summed E-state index contributed by atoms with van der Waals surface area (Å²) in [5.41, 5.74) is 1.39. The minimum Gasteiger partial charge on any atom is -0.496 e. The fourth-order valence-corrected chi connectivity index (χ4v) is 2.07. The molecule has 0 saturated heterocycles. The number of hydrogen-bond donors (Lipinski definition) is 2. The fraction of sp³-hybridized carbons (Fsp3) is 0.625. The van der Waals surface area contributed by atoms with Crippen LogP contribution in [0.25, 0.3) is 0 Å². The predicted octanol–water partition coefficient (Wildman–Crippen LogP) is 2.56. The highest BCUT2D eigenvalue weighted by atomic mass is 16.5. The normalized spacial score (nSPS) is 12.5. The van der Waals surface area contributed by atoms with Gasteiger partial charge in [-0.05, 0) is 27.0 Å². The van der Waals surface area contributed by atoms with Crippen LogP contribution in [0.2, 0.25) is 0 Å². The largest absolute Gasteiger partial charge is 0.496 e. The maximum atomic E-state index is 5.46. The summed E-state index contributed by atoms with van der Waals surface area (Å²) < 4.78 is 5.46. The van der Waals surface area contributed by atoms with E-state index in [1.54, 1.807) is 7.11 Å². The van der Waals surface area contributed by atoms with Crippen LogP contribution in [0.4, 0.5) is 0 Å². The molecule has 0 unspecified atom stereocenters. The first-order chi connectivity index (χ1) is 8.82. The number of hydrogen-bond acceptors (Lipinski definition) is 3. The van der Waals surface area contributed by atoms with Crippen LogP contribution in [-0.2, 0) is 5.41 Å². The van der Waals surface area contributed by atoms with Gasteiger partial charge in [-0.15, -0.1) is 0 Å². The van der Waals surface area contributed by atoms with E-state index >= 15 is 0 Å². The molecule has 1 aromatic rings. The van der Waals surface area contributed by atoms with E-state index in [1.807, 2.05) is 19.2 Å². The van der Waals surface area contributed by atoms with Crippen molar-refractivity contribution in [2.75, 3.05) is 27.2 Å². The smallest absolute Gasteiger partial charge is 0.122 e. The molecule has 2 N–H and O–H groups in total. The topological polar surface area (TPSA) is 33.3 Å². The summed E-state index contributed by atoms with van der Waals surface area (Å²) in [5.74, 6) is 0.960. The van der Waals surface area contributed by atoms with Gasteiger partial charge in [0.15, 0.2) is 0 Å². The third-order valence-corrected chi connectivity index (χ3v) is 3.65. The molecule has 0 bridgehead atoms. The van der Waals surface area contributed by atoms with Crippen molar-refractivity contribution < 1.29 is 4.74 Å². The van der Waals surface area contributed by atoms with E-state index in [-0.39, 0.29) is 11.0 Å². The summed E-state index contributed by atoms with van der Waals surface area (Å²) >= 11 is 0. The van der Waals surface area contributed by atoms with Crippen molar-refractivity contribution in [1.29, 1.82) is 0 Å². The lowest BCUT2D eigenvalue weighted by Gasteiger charge is -2.30. The van der Waals surface area contributed by atoms with Gasteiger partial charge in [-0.1, -0.05) is 32.0 Å². The summed E-state index contributed by atoms with van der Waals surface area (Å²) in [6.45, 7) is 10.7. The molecule has 0 heterocycles. The van der Waals surface area contributed by atoms with Crippen LogP contribution in [0.5, 0.6) is 5.75 Å². The van der Waals surface area contributed by atoms with Gasteiger partial charge in [-0.3, -0.25) is 0 Å². The number of nitrogens with one attached hydrogen (secondary N) is 2. The Kier molecular flexibility index (Phi) is 5.39. The number of methoxy groups -OCH3 is 1. The predicted molar refractivity (Wildman–Crippen MR) is 82.0 cm³/mol. The average Bonchev–Trinajstić information content (AvgIpc) is 2.38. The van der Waals surface area contributed by atoms with Gasteiger partial charge < -0.3 is 15.4 Å². The van der Waals surface area contributed by atoms with Crippen molar-refractivity contribution in [2.24, 2.45) is 0 Å². The molecular weight excluding hydrogens is 236 g/mol. The van der Waals surface area contributed by atoms with Crippen molar-refractivity contribution in [3.63, 3.8) is 0 Å². The number of rotatable bonds is 7. The van der Waals surface area contributed by atoms with Crippen LogP contribution in [0, 0.1) is 0 Å². The summed E-state index contributed by atoms with van der Waals surface area (Å²) in [4.78, 5) is 0. The maximum absolute atomic E-state index is 5.46. The number of benzene rings is 1. The molecule has 108 valence electrons. The molecule has 3 heteroatoms. The molecule has 0 fully saturated rings. The first-order valence-electron chi connectivity index (χ1n) is 6.85. The lowest BCUT2D eigenvalue weighted by molar-refractivity contribution is 0.355. The van der Waals surface area contributed by atoms with E-state index in [0.717, 1.165) is 18.8 Å². The summed E-state index contributed by atoms with van der Waals surface area (Å²) in [7, 11) is 3.72. The van der Waals surface area contributed by atoms with Gasteiger partial charge in [0.25, 0.3) is 0 Å². The Labute approximate surface area is 117 Å². The van der Waals surface area contributed by atoms with Crippen LogP contribution in [0.15, 0.2) is 24.3 Å². The van der Waals surface area contributed by atoms with Gasteiger partial charge in [0.2, 0.25) is 0 Å². The molecule has 0 aromatic heterocycles. The second-order valence-electron chi connectivity index (χ2n) is 6.32. The highest BCUT2D eigenvalue weighted by molar-refractivity contribution is 5.39. The monoisotopic (exact) mass is 264 g/mol. The highest BCUT2D eigenvalue weighted by Crippen LogP contribution is 2.30. The van der Waals surface area contributed by atoms with E-state index in [9.17, 15) is 0 Å². The SMILES string of the molecule is CNC(C)(C)CNCC(C)(C)c1ccccc1OC. The first-order valence-corrected chi connectivity index (χ1v) is 6.85. The van der Waals surface area contributed by atoms with Crippen molar-refractivity contribution in [3.05, 3.63) is 29.8 Å². The zero-order valence-electron chi connectivity index (χ0n) is 13.1. The highest BCUT2D eigenvalue weighted by Gasteiger charge is 2.25. The first kappa shape index (κ1) is 16.0. The van der Waals surface area contributed by atoms with E-state index in [1.165, 1.54) is 5.56 Å². The Morgan fingerprint density at radius 3 is 2.26 bits per heavy atom. The maximum Gasteiger partial charge on any atom is 0.122 e. The Bertz CT molecular complexity index is 399. The number of likely N-dealkylation sites (N-methyl/N-ethyl adjacent to an activating group) is 1. The fourth-order valence-electron chi connectivity index (χ4n) is 2.07. The Morgan fingerprint density at radius 2 is 1.68 bits per heavy atom. The van der Waals surface area contributed by atoms with Gasteiger partial charge in [0.05, 0.1) is 7.11 Å². The lowest BCUT2D eigenvalue weighted by atomic mass is 9.83. The molecule has 1 rings (SSSR count). The van der Waals surface area contributed by atoms with Crippen molar-refractivity contribution in [3.8, 4) is 5.75 Å². The van der Waals surface area contributed by atoms with Gasteiger partial charge in [0, 0.05) is 29.6 Å². The molecule has 19 heavy (non-hydrogen) atoms. The second kappa shape index (κ2) is 6.40. The van der Waals surface area contributed by atoms with Gasteiger partial charge in [0.1, 0.15) is 5.75 Å². The molecule has 1 aromatic carbocycles. The molecule has 3 nitrogen and oxygen atoms in total. The van der Waals surface area contributed by atoms with Crippen LogP contribution in [-0.4, -0.2) is 32.8 Å². The van der Waals surface area contributed by atoms with E-state index in [2.05, 4.69) is 50.5 Å². The molecule has 0 radical (unpaired) electrons. The summed E-state index contributed by atoms with van der Waals surface area (Å²) in [6, 6.07) is 8.24. The van der Waals surface area contributed by atoms with E-state index in [4.69, 9.17) is 4.74 Å². The summed E-state index contributed by atoms with van der Waals surface area (Å²) in [6.07, 6.45) is 0. The third kappa shape index (κ3) is 4.51. The van der Waals surface area contributed by atoms with Crippen molar-refractivity contribution in [1.82, 2.24) is 10.6 Å². The van der Waals surface area contributed by atoms with Crippen LogP contribution < -0.4 is 15.4 Å². The molecule has 0 amide bonds. The molecule has 0 saturated carbocycles. The molecule has 0 aliphatic rings. The van der Waals surface area contributed by atoms with Crippen LogP contribution in [0.3, 0.4) is 0 Å². The standard InChI is InChI=1S/C16H28N2O/c1-15(2,11-18-12-16(3,4)17-5)13-9-7-8-10-14(13)19-6/h7-10,17-18H,11-12H2,1-6H3. The van der Waals surface area contributed by atoms with Crippen molar-refractivity contribution >= 4 is 0 Å². The zero-order chi connectivity index (χ0) is 14.5. The van der Waals surface area contributed by atoms with Crippen LogP contribution >= 0.6 is 0 Å². The molecule has 0 atom stereocenters. The Hall–Kier alpha value is -1.06. The minimum atomic E-state index is 0.0381. The third-order valence-electron chi connectivity index (χ3n) is 3.65.